The summed E-state index contributed by atoms with van der Waals surface area (Å²) in [5, 5.41) is 7.88. The van der Waals surface area contributed by atoms with E-state index in [1.807, 2.05) is 48.9 Å². The van der Waals surface area contributed by atoms with E-state index in [9.17, 15) is 0 Å². The number of nitrogen functional groups attached to an aromatic ring is 1. The van der Waals surface area contributed by atoms with Gasteiger partial charge in [-0.3, -0.25) is 4.98 Å². The molecular weight excluding hydrogens is 304 g/mol. The molecule has 3 heterocycles. The molecule has 0 aliphatic rings. The third-order valence-electron chi connectivity index (χ3n) is 4.09. The predicted molar refractivity (Wildman–Crippen MR) is 90.3 cm³/mol. The fourth-order valence-electron chi connectivity index (χ4n) is 2.79. The van der Waals surface area contributed by atoms with Gasteiger partial charge in [0.25, 0.3) is 0 Å². The van der Waals surface area contributed by atoms with Gasteiger partial charge in [-0.05, 0) is 42.3 Å². The number of nitrogens with zero attached hydrogens (tertiary/aromatic N) is 5. The van der Waals surface area contributed by atoms with Crippen LogP contribution in [-0.4, -0.2) is 24.8 Å². The quantitative estimate of drug-likeness (QED) is 0.583. The van der Waals surface area contributed by atoms with E-state index in [1.165, 1.54) is 0 Å². The molecule has 3 aromatic heterocycles. The van der Waals surface area contributed by atoms with Crippen LogP contribution in [0.25, 0.3) is 22.6 Å². The molecule has 0 aliphatic carbocycles. The lowest BCUT2D eigenvalue weighted by Crippen LogP contribution is -2.05. The molecular formula is C17H16N6O. The average molecular weight is 320 g/mol. The molecule has 1 aromatic carbocycles. The van der Waals surface area contributed by atoms with Crippen molar-refractivity contribution in [3.63, 3.8) is 0 Å². The molecule has 0 saturated heterocycles. The number of nitrogens with two attached hydrogens (primary N) is 1. The number of imidazole rings is 1. The highest BCUT2D eigenvalue weighted by molar-refractivity contribution is 5.92. The monoisotopic (exact) mass is 320 g/mol. The van der Waals surface area contributed by atoms with Crippen LogP contribution in [0.4, 0.5) is 5.69 Å². The summed E-state index contributed by atoms with van der Waals surface area (Å²) in [6.07, 6.45) is 3.58. The first-order chi connectivity index (χ1) is 11.6. The summed E-state index contributed by atoms with van der Waals surface area (Å²) in [6, 6.07) is 7.86. The SMILES string of the molecule is Cc1ccc2nc(-c3nonc3C)n(Cc3cccnc3)c2c1N. The minimum absolute atomic E-state index is 0.583. The molecule has 120 valence electrons. The second kappa shape index (κ2) is 5.45. The van der Waals surface area contributed by atoms with Crippen LogP contribution in [0.1, 0.15) is 16.8 Å². The molecule has 0 aliphatic heterocycles. The van der Waals surface area contributed by atoms with E-state index in [0.717, 1.165) is 22.2 Å². The van der Waals surface area contributed by atoms with Gasteiger partial charge in [-0.15, -0.1) is 0 Å². The summed E-state index contributed by atoms with van der Waals surface area (Å²) in [7, 11) is 0. The van der Waals surface area contributed by atoms with Crippen molar-refractivity contribution in [3.8, 4) is 11.5 Å². The second-order valence-electron chi connectivity index (χ2n) is 5.74. The number of hydrogen-bond acceptors (Lipinski definition) is 6. The highest BCUT2D eigenvalue weighted by atomic mass is 16.6. The van der Waals surface area contributed by atoms with Crippen LogP contribution in [0, 0.1) is 13.8 Å². The highest BCUT2D eigenvalue weighted by Crippen LogP contribution is 2.31. The van der Waals surface area contributed by atoms with Gasteiger partial charge in [-0.1, -0.05) is 17.3 Å². The Kier molecular flexibility index (Phi) is 3.26. The fraction of sp³-hybridized carbons (Fsp3) is 0.176. The maximum absolute atomic E-state index is 6.34. The molecule has 0 atom stereocenters. The highest BCUT2D eigenvalue weighted by Gasteiger charge is 2.20. The van der Waals surface area contributed by atoms with E-state index in [-0.39, 0.29) is 0 Å². The van der Waals surface area contributed by atoms with Gasteiger partial charge in [0.1, 0.15) is 5.69 Å². The van der Waals surface area contributed by atoms with Crippen LogP contribution in [0.3, 0.4) is 0 Å². The molecule has 0 amide bonds. The molecule has 0 spiro atoms. The van der Waals surface area contributed by atoms with E-state index >= 15 is 0 Å². The molecule has 7 nitrogen and oxygen atoms in total. The zero-order valence-corrected chi connectivity index (χ0v) is 13.4. The first kappa shape index (κ1) is 14.4. The summed E-state index contributed by atoms with van der Waals surface area (Å²) in [4.78, 5) is 8.90. The molecule has 4 aromatic rings. The molecule has 0 radical (unpaired) electrons. The first-order valence-electron chi connectivity index (χ1n) is 7.59. The van der Waals surface area contributed by atoms with Gasteiger partial charge in [0.15, 0.2) is 11.5 Å². The first-order valence-corrected chi connectivity index (χ1v) is 7.59. The topological polar surface area (TPSA) is 95.6 Å². The number of rotatable bonds is 3. The van der Waals surface area contributed by atoms with E-state index in [4.69, 9.17) is 15.3 Å². The molecule has 0 saturated carbocycles. The third-order valence-corrected chi connectivity index (χ3v) is 4.09. The van der Waals surface area contributed by atoms with Crippen molar-refractivity contribution in [1.29, 1.82) is 0 Å². The van der Waals surface area contributed by atoms with Crippen LogP contribution in [0.5, 0.6) is 0 Å². The van der Waals surface area contributed by atoms with Crippen LogP contribution in [-0.2, 0) is 6.54 Å². The number of hydrogen-bond donors (Lipinski definition) is 1. The molecule has 0 unspecified atom stereocenters. The van der Waals surface area contributed by atoms with Crippen molar-refractivity contribution in [3.05, 3.63) is 53.5 Å². The van der Waals surface area contributed by atoms with Crippen molar-refractivity contribution in [2.45, 2.75) is 20.4 Å². The summed E-state index contributed by atoms with van der Waals surface area (Å²) in [5.74, 6) is 0.685. The number of aryl methyl sites for hydroxylation is 2. The zero-order valence-electron chi connectivity index (χ0n) is 13.4. The van der Waals surface area contributed by atoms with Gasteiger partial charge >= 0.3 is 0 Å². The van der Waals surface area contributed by atoms with Crippen molar-refractivity contribution in [2.24, 2.45) is 0 Å². The van der Waals surface area contributed by atoms with Crippen LogP contribution in [0.15, 0.2) is 41.3 Å². The Hall–Kier alpha value is -3.22. The Morgan fingerprint density at radius 1 is 1.17 bits per heavy atom. The lowest BCUT2D eigenvalue weighted by molar-refractivity contribution is 0.305. The maximum atomic E-state index is 6.34. The molecule has 7 heteroatoms. The molecule has 0 fully saturated rings. The Morgan fingerprint density at radius 3 is 2.75 bits per heavy atom. The van der Waals surface area contributed by atoms with Gasteiger partial charge in [0.2, 0.25) is 0 Å². The molecule has 4 rings (SSSR count). The number of anilines is 1. The number of benzene rings is 1. The van der Waals surface area contributed by atoms with Crippen molar-refractivity contribution < 1.29 is 4.63 Å². The lowest BCUT2D eigenvalue weighted by atomic mass is 10.1. The van der Waals surface area contributed by atoms with Crippen molar-refractivity contribution >= 4 is 16.7 Å². The Bertz CT molecular complexity index is 1020. The minimum Gasteiger partial charge on any atom is -0.397 e. The minimum atomic E-state index is 0.583. The van der Waals surface area contributed by atoms with Gasteiger partial charge in [-0.25, -0.2) is 9.61 Å². The van der Waals surface area contributed by atoms with Crippen molar-refractivity contribution in [1.82, 2.24) is 24.8 Å². The Morgan fingerprint density at radius 2 is 2.04 bits per heavy atom. The Labute approximate surface area is 138 Å². The Balaban J connectivity index is 2.00. The van der Waals surface area contributed by atoms with Crippen LogP contribution < -0.4 is 5.73 Å². The number of pyridine rings is 1. The second-order valence-corrected chi connectivity index (χ2v) is 5.74. The van der Waals surface area contributed by atoms with Gasteiger partial charge in [-0.2, -0.15) is 0 Å². The predicted octanol–water partition coefficient (Wildman–Crippen LogP) is 2.73. The summed E-state index contributed by atoms with van der Waals surface area (Å²) in [6.45, 7) is 4.41. The standard InChI is InChI=1S/C17H16N6O/c1-10-5-6-13-16(14(10)18)23(9-12-4-3-7-19-8-12)17(20-13)15-11(2)21-24-22-15/h3-8H,9,18H2,1-2H3. The van der Waals surface area contributed by atoms with Gasteiger partial charge in [0.05, 0.1) is 23.3 Å². The largest absolute Gasteiger partial charge is 0.397 e. The molecule has 0 bridgehead atoms. The van der Waals surface area contributed by atoms with E-state index in [2.05, 4.69) is 15.3 Å². The number of fused-ring (bicyclic) bond motifs is 1. The maximum Gasteiger partial charge on any atom is 0.173 e. The zero-order chi connectivity index (χ0) is 16.7. The van der Waals surface area contributed by atoms with Gasteiger partial charge < -0.3 is 10.3 Å². The summed E-state index contributed by atoms with van der Waals surface area (Å²) < 4.78 is 6.90. The summed E-state index contributed by atoms with van der Waals surface area (Å²) in [5.41, 5.74) is 12.1. The van der Waals surface area contributed by atoms with Crippen molar-refractivity contribution in [2.75, 3.05) is 5.73 Å². The van der Waals surface area contributed by atoms with E-state index in [0.29, 0.717) is 29.4 Å². The number of aromatic nitrogens is 5. The van der Waals surface area contributed by atoms with E-state index < -0.39 is 0 Å². The molecule has 2 N–H and O–H groups in total. The van der Waals surface area contributed by atoms with Crippen LogP contribution in [0.2, 0.25) is 0 Å². The average Bonchev–Trinajstić information content (AvgIpc) is 3.16. The van der Waals surface area contributed by atoms with Gasteiger partial charge in [0, 0.05) is 12.4 Å². The molecule has 24 heavy (non-hydrogen) atoms. The van der Waals surface area contributed by atoms with Crippen LogP contribution >= 0.6 is 0 Å². The normalized spacial score (nSPS) is 11.2. The fourth-order valence-corrected chi connectivity index (χ4v) is 2.79. The third kappa shape index (κ3) is 2.21. The summed E-state index contributed by atoms with van der Waals surface area (Å²) >= 11 is 0. The lowest BCUT2D eigenvalue weighted by Gasteiger charge is -2.10. The smallest absolute Gasteiger partial charge is 0.173 e. The van der Waals surface area contributed by atoms with E-state index in [1.54, 1.807) is 6.20 Å².